The Morgan fingerprint density at radius 2 is 1.92 bits per heavy atom. The second-order valence-electron chi connectivity index (χ2n) is 5.11. The first-order valence-electron chi connectivity index (χ1n) is 7.52. The van der Waals surface area contributed by atoms with Gasteiger partial charge in [0.05, 0.1) is 23.9 Å². The van der Waals surface area contributed by atoms with Crippen LogP contribution >= 0.6 is 0 Å². The number of pyridine rings is 1. The van der Waals surface area contributed by atoms with Crippen LogP contribution in [0.25, 0.3) is 0 Å². The average Bonchev–Trinajstić information content (AvgIpc) is 2.68. The number of carbonyl (C=O) groups excluding carboxylic acids is 1. The highest BCUT2D eigenvalue weighted by Crippen LogP contribution is 2.15. The fourth-order valence-electron chi connectivity index (χ4n) is 2.09. The minimum Gasteiger partial charge on any atom is -0.345 e. The van der Waals surface area contributed by atoms with Crippen LogP contribution in [0.4, 0.5) is 11.5 Å². The predicted molar refractivity (Wildman–Crippen MR) is 91.9 cm³/mol. The fraction of sp³-hybridized carbons (Fsp3) is 0.0556. The van der Waals surface area contributed by atoms with Gasteiger partial charge in [-0.05, 0) is 36.4 Å². The highest BCUT2D eigenvalue weighted by Gasteiger charge is 2.09. The molecule has 0 saturated carbocycles. The van der Waals surface area contributed by atoms with Crippen molar-refractivity contribution in [1.29, 1.82) is 5.26 Å². The van der Waals surface area contributed by atoms with E-state index in [9.17, 15) is 4.79 Å². The number of anilines is 2. The summed E-state index contributed by atoms with van der Waals surface area (Å²) in [6.45, 7) is 0.321. The van der Waals surface area contributed by atoms with Gasteiger partial charge < -0.3 is 10.6 Å². The Morgan fingerprint density at radius 3 is 2.64 bits per heavy atom. The van der Waals surface area contributed by atoms with E-state index >= 15 is 0 Å². The lowest BCUT2D eigenvalue weighted by Crippen LogP contribution is -2.24. The van der Waals surface area contributed by atoms with Gasteiger partial charge in [-0.15, -0.1) is 0 Å². The maximum Gasteiger partial charge on any atom is 0.270 e. The Bertz CT molecular complexity index is 903. The zero-order valence-corrected chi connectivity index (χ0v) is 13.2. The van der Waals surface area contributed by atoms with E-state index in [2.05, 4.69) is 31.7 Å². The Hall–Kier alpha value is -3.79. The molecule has 0 unspecified atom stereocenters. The number of nitrogens with one attached hydrogen (secondary N) is 2. The maximum absolute atomic E-state index is 12.2. The molecule has 0 spiro atoms. The van der Waals surface area contributed by atoms with Crippen molar-refractivity contribution >= 4 is 17.4 Å². The highest BCUT2D eigenvalue weighted by molar-refractivity contribution is 5.92. The Balaban J connectivity index is 1.66. The van der Waals surface area contributed by atoms with E-state index in [1.54, 1.807) is 36.5 Å². The van der Waals surface area contributed by atoms with Gasteiger partial charge in [0.25, 0.3) is 5.91 Å². The summed E-state index contributed by atoms with van der Waals surface area (Å²) in [6, 6.07) is 16.1. The van der Waals surface area contributed by atoms with Crippen LogP contribution in [0.15, 0.2) is 61.1 Å². The van der Waals surface area contributed by atoms with Crippen LogP contribution in [-0.4, -0.2) is 20.9 Å². The maximum atomic E-state index is 12.2. The number of hydrogen-bond donors (Lipinski definition) is 2. The number of aromatic nitrogens is 3. The minimum atomic E-state index is -0.309. The number of amides is 1. The molecule has 0 atom stereocenters. The van der Waals surface area contributed by atoms with Gasteiger partial charge in [-0.3, -0.25) is 9.78 Å². The quantitative estimate of drug-likeness (QED) is 0.744. The average molecular weight is 330 g/mol. The van der Waals surface area contributed by atoms with Crippen LogP contribution in [0.5, 0.6) is 0 Å². The van der Waals surface area contributed by atoms with Gasteiger partial charge in [0.2, 0.25) is 0 Å². The molecule has 7 nitrogen and oxygen atoms in total. The minimum absolute atomic E-state index is 0.252. The Labute approximate surface area is 144 Å². The summed E-state index contributed by atoms with van der Waals surface area (Å²) in [5.41, 5.74) is 2.35. The molecule has 0 bridgehead atoms. The summed E-state index contributed by atoms with van der Waals surface area (Å²) in [7, 11) is 0. The number of rotatable bonds is 5. The number of carbonyl (C=O) groups is 1. The number of benzene rings is 1. The molecular formula is C18H14N6O. The summed E-state index contributed by atoms with van der Waals surface area (Å²) >= 11 is 0. The van der Waals surface area contributed by atoms with Gasteiger partial charge in [0, 0.05) is 18.0 Å². The Kier molecular flexibility index (Phi) is 4.93. The molecule has 0 aliphatic rings. The van der Waals surface area contributed by atoms with E-state index in [0.29, 0.717) is 17.9 Å². The smallest absolute Gasteiger partial charge is 0.270 e. The van der Waals surface area contributed by atoms with Crippen molar-refractivity contribution in [2.45, 2.75) is 6.54 Å². The highest BCUT2D eigenvalue weighted by atomic mass is 16.1. The Morgan fingerprint density at radius 1 is 1.08 bits per heavy atom. The third-order valence-electron chi connectivity index (χ3n) is 3.34. The van der Waals surface area contributed by atoms with Gasteiger partial charge in [0.15, 0.2) is 0 Å². The lowest BCUT2D eigenvalue weighted by molar-refractivity contribution is 0.0945. The van der Waals surface area contributed by atoms with Gasteiger partial charge in [-0.1, -0.05) is 6.07 Å². The molecule has 2 heterocycles. The largest absolute Gasteiger partial charge is 0.345 e. The molecule has 1 aromatic carbocycles. The molecule has 0 saturated heterocycles. The first-order chi connectivity index (χ1) is 12.2. The van der Waals surface area contributed by atoms with Crippen LogP contribution in [0.3, 0.4) is 0 Å². The molecule has 3 rings (SSSR count). The number of nitriles is 1. The lowest BCUT2D eigenvalue weighted by atomic mass is 10.2. The third kappa shape index (κ3) is 4.36. The van der Waals surface area contributed by atoms with Crippen molar-refractivity contribution in [2.75, 3.05) is 5.32 Å². The number of nitrogens with zero attached hydrogens (tertiary/aromatic N) is 4. The molecule has 0 aliphatic carbocycles. The number of hydrogen-bond acceptors (Lipinski definition) is 6. The van der Waals surface area contributed by atoms with Crippen LogP contribution in [0.1, 0.15) is 21.7 Å². The van der Waals surface area contributed by atoms with E-state index in [-0.39, 0.29) is 11.6 Å². The molecule has 2 aromatic heterocycles. The third-order valence-corrected chi connectivity index (χ3v) is 3.34. The molecular weight excluding hydrogens is 316 g/mol. The van der Waals surface area contributed by atoms with Gasteiger partial charge in [0.1, 0.15) is 17.8 Å². The molecule has 2 N–H and O–H groups in total. The van der Waals surface area contributed by atoms with E-state index in [1.807, 2.05) is 18.2 Å². The molecule has 0 fully saturated rings. The van der Waals surface area contributed by atoms with E-state index in [4.69, 9.17) is 5.26 Å². The topological polar surface area (TPSA) is 104 Å². The fourth-order valence-corrected chi connectivity index (χ4v) is 2.09. The summed E-state index contributed by atoms with van der Waals surface area (Å²) < 4.78 is 0. The first kappa shape index (κ1) is 16.1. The summed E-state index contributed by atoms with van der Waals surface area (Å²) in [6.07, 6.45) is 2.99. The normalized spacial score (nSPS) is 9.88. The van der Waals surface area contributed by atoms with Crippen molar-refractivity contribution in [3.05, 3.63) is 78.0 Å². The molecule has 1 amide bonds. The summed E-state index contributed by atoms with van der Waals surface area (Å²) in [5.74, 6) is 0.179. The monoisotopic (exact) mass is 330 g/mol. The van der Waals surface area contributed by atoms with E-state index < -0.39 is 0 Å². The molecule has 7 heteroatoms. The van der Waals surface area contributed by atoms with Gasteiger partial charge >= 0.3 is 0 Å². The predicted octanol–water partition coefficient (Wildman–Crippen LogP) is 2.42. The molecule has 0 aliphatic heterocycles. The summed E-state index contributed by atoms with van der Waals surface area (Å²) in [5, 5.41) is 14.6. The molecule has 25 heavy (non-hydrogen) atoms. The van der Waals surface area contributed by atoms with E-state index in [1.165, 1.54) is 6.33 Å². The van der Waals surface area contributed by atoms with Crippen molar-refractivity contribution in [2.24, 2.45) is 0 Å². The van der Waals surface area contributed by atoms with Crippen molar-refractivity contribution in [3.63, 3.8) is 0 Å². The lowest BCUT2D eigenvalue weighted by Gasteiger charge is -2.07. The molecule has 122 valence electrons. The first-order valence-corrected chi connectivity index (χ1v) is 7.52. The second kappa shape index (κ2) is 7.66. The summed E-state index contributed by atoms with van der Waals surface area (Å²) in [4.78, 5) is 24.5. The van der Waals surface area contributed by atoms with Gasteiger partial charge in [-0.2, -0.15) is 5.26 Å². The van der Waals surface area contributed by atoms with Crippen LogP contribution in [-0.2, 0) is 6.54 Å². The SMILES string of the molecule is N#Cc1ccc(Nc2cc(C(=O)NCc3ccccn3)ncn2)cc1. The van der Waals surface area contributed by atoms with Crippen LogP contribution < -0.4 is 10.6 Å². The van der Waals surface area contributed by atoms with Crippen molar-refractivity contribution in [1.82, 2.24) is 20.3 Å². The zero-order valence-electron chi connectivity index (χ0n) is 13.2. The van der Waals surface area contributed by atoms with E-state index in [0.717, 1.165) is 11.4 Å². The van der Waals surface area contributed by atoms with Crippen molar-refractivity contribution in [3.8, 4) is 6.07 Å². The molecule has 3 aromatic rings. The second-order valence-corrected chi connectivity index (χ2v) is 5.11. The zero-order chi connectivity index (χ0) is 17.5. The van der Waals surface area contributed by atoms with Crippen LogP contribution in [0, 0.1) is 11.3 Å². The van der Waals surface area contributed by atoms with Crippen molar-refractivity contribution < 1.29 is 4.79 Å². The van der Waals surface area contributed by atoms with Gasteiger partial charge in [-0.25, -0.2) is 9.97 Å². The molecule has 0 radical (unpaired) electrons. The standard InChI is InChI=1S/C18H14N6O/c19-10-13-4-6-14(7-5-13)24-17-9-16(22-12-23-17)18(25)21-11-15-3-1-2-8-20-15/h1-9,12H,11H2,(H,21,25)(H,22,23,24). The van der Waals surface area contributed by atoms with Crippen LogP contribution in [0.2, 0.25) is 0 Å².